The number of carbonyl (C=O) groups excluding carboxylic acids is 4. The Bertz CT molecular complexity index is 1240. The number of nitrogens with one attached hydrogen (secondary N) is 1. The lowest BCUT2D eigenvalue weighted by molar-refractivity contribution is -0.143. The highest BCUT2D eigenvalue weighted by atomic mass is 16.6. The molecule has 1 saturated heterocycles. The molecule has 3 N–H and O–H groups in total. The number of anilines is 1. The van der Waals surface area contributed by atoms with Crippen LogP contribution in [0.1, 0.15) is 63.6 Å². The summed E-state index contributed by atoms with van der Waals surface area (Å²) in [5.41, 5.74) is 6.28. The fourth-order valence-electron chi connectivity index (χ4n) is 5.18. The Morgan fingerprint density at radius 2 is 1.82 bits per heavy atom. The van der Waals surface area contributed by atoms with E-state index in [0.717, 1.165) is 28.9 Å². The zero-order valence-corrected chi connectivity index (χ0v) is 22.5. The van der Waals surface area contributed by atoms with Crippen LogP contribution >= 0.6 is 0 Å². The van der Waals surface area contributed by atoms with Crippen molar-refractivity contribution in [3.8, 4) is 0 Å². The summed E-state index contributed by atoms with van der Waals surface area (Å²) in [6.45, 7) is 7.28. The highest BCUT2D eigenvalue weighted by Gasteiger charge is 2.58. The molecule has 1 spiro atoms. The van der Waals surface area contributed by atoms with Crippen LogP contribution < -0.4 is 11.1 Å². The van der Waals surface area contributed by atoms with Crippen LogP contribution in [0, 0.1) is 0 Å². The number of nitrogens with two attached hydrogens (primary N) is 1. The Morgan fingerprint density at radius 1 is 1.13 bits per heavy atom. The number of carbonyl (C=O) groups is 4. The average molecular weight is 521 g/mol. The van der Waals surface area contributed by atoms with Gasteiger partial charge in [0.05, 0.1) is 5.54 Å². The van der Waals surface area contributed by atoms with Gasteiger partial charge in [0.2, 0.25) is 17.4 Å². The van der Waals surface area contributed by atoms with E-state index in [2.05, 4.69) is 5.32 Å². The van der Waals surface area contributed by atoms with Crippen LogP contribution in [0.2, 0.25) is 0 Å². The Hall–Kier alpha value is -3.72. The molecule has 202 valence electrons. The van der Waals surface area contributed by atoms with E-state index in [1.807, 2.05) is 44.2 Å². The molecule has 0 bridgehead atoms. The first-order chi connectivity index (χ1) is 18.0. The molecule has 1 heterocycles. The molecule has 0 aromatic heterocycles. The van der Waals surface area contributed by atoms with E-state index < -0.39 is 23.1 Å². The number of nitrogens with zero attached hydrogens (tertiary/aromatic N) is 2. The molecular formula is C29H36N4O5. The van der Waals surface area contributed by atoms with Crippen LogP contribution in [0.5, 0.6) is 0 Å². The monoisotopic (exact) mass is 520 g/mol. The number of rotatable bonds is 9. The quantitative estimate of drug-likeness (QED) is 0.520. The number of hydrogen-bond donors (Lipinski definition) is 2. The highest BCUT2D eigenvalue weighted by Crippen LogP contribution is 2.46. The molecule has 1 fully saturated rings. The van der Waals surface area contributed by atoms with E-state index in [0.29, 0.717) is 24.2 Å². The minimum absolute atomic E-state index is 0.0234. The van der Waals surface area contributed by atoms with Crippen molar-refractivity contribution < 1.29 is 23.9 Å². The minimum Gasteiger partial charge on any atom is -0.427 e. The molecule has 1 atom stereocenters. The standard InChI is InChI=1S/C29H36N4O5/c1-5-22(6-2)32(17-19-10-8-7-9-11-19)24(34)18-33-26(36)29(38-27(33)37)15-14-20-16-21(12-13-23(20)29)31-25(35)28(3,4)30/h7-13,16,22H,5-6,14-15,17-18,30H2,1-4H3,(H,31,35). The van der Waals surface area contributed by atoms with Gasteiger partial charge in [0, 0.05) is 30.3 Å². The Balaban J connectivity index is 1.54. The van der Waals surface area contributed by atoms with Crippen molar-refractivity contribution in [3.63, 3.8) is 0 Å². The van der Waals surface area contributed by atoms with Crippen molar-refractivity contribution in [2.45, 2.75) is 77.1 Å². The zero-order chi connectivity index (χ0) is 27.7. The molecular weight excluding hydrogens is 484 g/mol. The van der Waals surface area contributed by atoms with Crippen molar-refractivity contribution in [3.05, 3.63) is 65.2 Å². The second-order valence-electron chi connectivity index (χ2n) is 10.6. The van der Waals surface area contributed by atoms with Gasteiger partial charge >= 0.3 is 6.09 Å². The fourth-order valence-corrected chi connectivity index (χ4v) is 5.18. The highest BCUT2D eigenvalue weighted by molar-refractivity contribution is 6.06. The summed E-state index contributed by atoms with van der Waals surface area (Å²) >= 11 is 0. The van der Waals surface area contributed by atoms with Gasteiger partial charge in [0.15, 0.2) is 0 Å². The number of aryl methyl sites for hydroxylation is 1. The van der Waals surface area contributed by atoms with Gasteiger partial charge < -0.3 is 20.7 Å². The van der Waals surface area contributed by atoms with Crippen LogP contribution in [0.4, 0.5) is 10.5 Å². The smallest absolute Gasteiger partial charge is 0.418 e. The maximum absolute atomic E-state index is 13.6. The van der Waals surface area contributed by atoms with Crippen LogP contribution in [0.15, 0.2) is 48.5 Å². The van der Waals surface area contributed by atoms with Crippen molar-refractivity contribution in [1.82, 2.24) is 9.80 Å². The van der Waals surface area contributed by atoms with Gasteiger partial charge in [0.1, 0.15) is 6.54 Å². The predicted octanol–water partition coefficient (Wildman–Crippen LogP) is 3.70. The average Bonchev–Trinajstić information content (AvgIpc) is 3.36. The third-order valence-corrected chi connectivity index (χ3v) is 7.40. The van der Waals surface area contributed by atoms with E-state index in [9.17, 15) is 19.2 Å². The lowest BCUT2D eigenvalue weighted by Gasteiger charge is -2.31. The second kappa shape index (κ2) is 10.6. The third-order valence-electron chi connectivity index (χ3n) is 7.40. The number of ether oxygens (including phenoxy) is 1. The maximum Gasteiger partial charge on any atom is 0.418 e. The van der Waals surface area contributed by atoms with Crippen molar-refractivity contribution >= 4 is 29.5 Å². The molecule has 2 aromatic carbocycles. The number of amides is 4. The van der Waals surface area contributed by atoms with Crippen LogP contribution in [0.3, 0.4) is 0 Å². The molecule has 0 radical (unpaired) electrons. The Morgan fingerprint density at radius 3 is 2.45 bits per heavy atom. The first-order valence-electron chi connectivity index (χ1n) is 13.1. The molecule has 1 aliphatic heterocycles. The van der Waals surface area contributed by atoms with Gasteiger partial charge in [-0.3, -0.25) is 14.4 Å². The Labute approximate surface area is 223 Å². The fraction of sp³-hybridized carbons (Fsp3) is 0.448. The molecule has 4 amide bonds. The number of hydrogen-bond acceptors (Lipinski definition) is 6. The molecule has 38 heavy (non-hydrogen) atoms. The van der Waals surface area contributed by atoms with Crippen LogP contribution in [0.25, 0.3) is 0 Å². The topological polar surface area (TPSA) is 122 Å². The summed E-state index contributed by atoms with van der Waals surface area (Å²) in [6, 6.07) is 14.8. The predicted molar refractivity (Wildman–Crippen MR) is 143 cm³/mol. The van der Waals surface area contributed by atoms with Crippen molar-refractivity contribution in [2.24, 2.45) is 5.73 Å². The van der Waals surface area contributed by atoms with Crippen molar-refractivity contribution in [1.29, 1.82) is 0 Å². The molecule has 2 aliphatic rings. The van der Waals surface area contributed by atoms with Gasteiger partial charge in [0.25, 0.3) is 5.91 Å². The molecule has 9 nitrogen and oxygen atoms in total. The van der Waals surface area contributed by atoms with E-state index >= 15 is 0 Å². The van der Waals surface area contributed by atoms with E-state index in [1.165, 1.54) is 0 Å². The Kier molecular flexibility index (Phi) is 7.60. The first-order valence-corrected chi connectivity index (χ1v) is 13.1. The van der Waals surface area contributed by atoms with Gasteiger partial charge in [-0.25, -0.2) is 9.69 Å². The molecule has 1 unspecified atom stereocenters. The first kappa shape index (κ1) is 27.3. The van der Waals surface area contributed by atoms with E-state index in [1.54, 1.807) is 36.9 Å². The van der Waals surface area contributed by atoms with E-state index in [4.69, 9.17) is 10.5 Å². The SMILES string of the molecule is CCC(CC)N(Cc1ccccc1)C(=O)CN1C(=O)OC2(CCc3cc(NC(=O)C(C)(C)N)ccc32)C1=O. The zero-order valence-electron chi connectivity index (χ0n) is 22.5. The van der Waals surface area contributed by atoms with Gasteiger partial charge in [-0.2, -0.15) is 0 Å². The van der Waals surface area contributed by atoms with Crippen LogP contribution in [-0.2, 0) is 37.7 Å². The summed E-state index contributed by atoms with van der Waals surface area (Å²) < 4.78 is 5.71. The number of imide groups is 1. The third kappa shape index (κ3) is 5.15. The minimum atomic E-state index is -1.46. The lowest BCUT2D eigenvalue weighted by atomic mass is 9.94. The number of fused-ring (bicyclic) bond motifs is 2. The summed E-state index contributed by atoms with van der Waals surface area (Å²) in [4.78, 5) is 55.1. The van der Waals surface area contributed by atoms with Gasteiger partial charge in [-0.1, -0.05) is 50.2 Å². The normalized spacial score (nSPS) is 18.6. The molecule has 4 rings (SSSR count). The molecule has 0 saturated carbocycles. The van der Waals surface area contributed by atoms with Gasteiger partial charge in [-0.05, 0) is 56.4 Å². The number of benzene rings is 2. The lowest BCUT2D eigenvalue weighted by Crippen LogP contribution is -2.47. The summed E-state index contributed by atoms with van der Waals surface area (Å²) in [7, 11) is 0. The van der Waals surface area contributed by atoms with Crippen molar-refractivity contribution in [2.75, 3.05) is 11.9 Å². The van der Waals surface area contributed by atoms with Gasteiger partial charge in [-0.15, -0.1) is 0 Å². The molecule has 2 aromatic rings. The largest absolute Gasteiger partial charge is 0.427 e. The van der Waals surface area contributed by atoms with Crippen LogP contribution in [-0.4, -0.2) is 51.7 Å². The second-order valence-corrected chi connectivity index (χ2v) is 10.6. The summed E-state index contributed by atoms with van der Waals surface area (Å²) in [6.07, 6.45) is 1.45. The molecule has 9 heteroatoms. The summed E-state index contributed by atoms with van der Waals surface area (Å²) in [5, 5.41) is 2.78. The summed E-state index contributed by atoms with van der Waals surface area (Å²) in [5.74, 6) is -1.17. The maximum atomic E-state index is 13.6. The van der Waals surface area contributed by atoms with E-state index in [-0.39, 0.29) is 30.8 Å². The molecule has 1 aliphatic carbocycles.